The number of amides is 2. The molecule has 1 N–H and O–H groups in total. The summed E-state index contributed by atoms with van der Waals surface area (Å²) in [6, 6.07) is 7.59. The minimum atomic E-state index is -0.126. The van der Waals surface area contributed by atoms with E-state index in [1.807, 2.05) is 30.0 Å². The Morgan fingerprint density at radius 1 is 1.17 bits per heavy atom. The Hall–Kier alpha value is -3.56. The highest BCUT2D eigenvalue weighted by atomic mass is 16.5. The van der Waals surface area contributed by atoms with E-state index in [0.29, 0.717) is 37.2 Å². The summed E-state index contributed by atoms with van der Waals surface area (Å²) < 4.78 is 12.2. The van der Waals surface area contributed by atoms with Gasteiger partial charge in [-0.05, 0) is 37.6 Å². The SMILES string of the molecule is COc1ccc(NC(=O)N2CCN(c3nc(OC)nc4ccnn34)C(C)C2)c(C)c1. The quantitative estimate of drug-likeness (QED) is 0.703. The van der Waals surface area contributed by atoms with Crippen molar-refractivity contribution in [3.63, 3.8) is 0 Å². The number of piperazine rings is 1. The van der Waals surface area contributed by atoms with Crippen molar-refractivity contribution in [1.29, 1.82) is 0 Å². The van der Waals surface area contributed by atoms with Crippen molar-refractivity contribution in [3.05, 3.63) is 36.0 Å². The molecule has 30 heavy (non-hydrogen) atoms. The predicted octanol–water partition coefficient (Wildman–Crippen LogP) is 2.19. The molecule has 158 valence electrons. The van der Waals surface area contributed by atoms with E-state index >= 15 is 0 Å². The number of carbonyl (C=O) groups is 1. The molecule has 1 fully saturated rings. The fraction of sp³-hybridized carbons (Fsp3) is 0.400. The first kappa shape index (κ1) is 19.7. The molecule has 10 heteroatoms. The molecule has 1 saturated heterocycles. The van der Waals surface area contributed by atoms with Gasteiger partial charge in [-0.15, -0.1) is 0 Å². The zero-order valence-corrected chi connectivity index (χ0v) is 17.5. The third-order valence-corrected chi connectivity index (χ3v) is 5.25. The van der Waals surface area contributed by atoms with E-state index < -0.39 is 0 Å². The zero-order chi connectivity index (χ0) is 21.3. The first-order valence-electron chi connectivity index (χ1n) is 9.73. The van der Waals surface area contributed by atoms with Crippen LogP contribution in [0.25, 0.3) is 5.65 Å². The summed E-state index contributed by atoms with van der Waals surface area (Å²) in [6.07, 6.45) is 1.68. The van der Waals surface area contributed by atoms with E-state index in [-0.39, 0.29) is 12.1 Å². The maximum absolute atomic E-state index is 12.8. The third-order valence-electron chi connectivity index (χ3n) is 5.25. The lowest BCUT2D eigenvalue weighted by atomic mass is 10.2. The van der Waals surface area contributed by atoms with Gasteiger partial charge in [-0.2, -0.15) is 19.6 Å². The van der Waals surface area contributed by atoms with E-state index in [9.17, 15) is 4.79 Å². The molecule has 1 unspecified atom stereocenters. The molecule has 0 radical (unpaired) electrons. The monoisotopic (exact) mass is 411 g/mol. The number of nitrogens with one attached hydrogen (secondary N) is 1. The number of hydrogen-bond acceptors (Lipinski definition) is 7. The van der Waals surface area contributed by atoms with E-state index in [4.69, 9.17) is 9.47 Å². The van der Waals surface area contributed by atoms with Crippen LogP contribution in [0.4, 0.5) is 16.4 Å². The molecule has 3 aromatic rings. The third kappa shape index (κ3) is 3.68. The van der Waals surface area contributed by atoms with Crippen LogP contribution in [0.1, 0.15) is 12.5 Å². The summed E-state index contributed by atoms with van der Waals surface area (Å²) >= 11 is 0. The number of fused-ring (bicyclic) bond motifs is 1. The molecule has 1 aliphatic heterocycles. The second kappa shape index (κ2) is 8.05. The highest BCUT2D eigenvalue weighted by molar-refractivity contribution is 5.90. The average Bonchev–Trinajstić information content (AvgIpc) is 3.23. The van der Waals surface area contributed by atoms with Crippen LogP contribution in [0.5, 0.6) is 11.8 Å². The van der Waals surface area contributed by atoms with Gasteiger partial charge in [0.2, 0.25) is 5.95 Å². The van der Waals surface area contributed by atoms with Crippen LogP contribution in [0.2, 0.25) is 0 Å². The van der Waals surface area contributed by atoms with Crippen LogP contribution in [-0.4, -0.2) is 70.4 Å². The van der Waals surface area contributed by atoms with Gasteiger partial charge in [-0.1, -0.05) is 0 Å². The van der Waals surface area contributed by atoms with Crippen molar-refractivity contribution < 1.29 is 14.3 Å². The van der Waals surface area contributed by atoms with Gasteiger partial charge in [0.25, 0.3) is 0 Å². The fourth-order valence-electron chi connectivity index (χ4n) is 3.61. The van der Waals surface area contributed by atoms with Crippen LogP contribution in [0.15, 0.2) is 30.5 Å². The standard InChI is InChI=1S/C20H25N7O3/c1-13-11-15(29-3)5-6-16(13)22-20(28)25-9-10-26(14(2)12-25)19-24-18(30-4)23-17-7-8-21-27(17)19/h5-8,11,14H,9-10,12H2,1-4H3,(H,22,28). The molecule has 2 amide bonds. The molecule has 0 aliphatic carbocycles. The lowest BCUT2D eigenvalue weighted by Crippen LogP contribution is -2.55. The summed E-state index contributed by atoms with van der Waals surface area (Å²) in [5.41, 5.74) is 2.39. The number of aryl methyl sites for hydroxylation is 1. The minimum absolute atomic E-state index is 0.0356. The fourth-order valence-corrected chi connectivity index (χ4v) is 3.61. The van der Waals surface area contributed by atoms with Gasteiger partial charge < -0.3 is 24.6 Å². The van der Waals surface area contributed by atoms with Crippen LogP contribution < -0.4 is 19.7 Å². The number of methoxy groups -OCH3 is 2. The Morgan fingerprint density at radius 3 is 2.70 bits per heavy atom. The number of hydrogen-bond donors (Lipinski definition) is 1. The predicted molar refractivity (Wildman–Crippen MR) is 112 cm³/mol. The number of nitrogens with zero attached hydrogens (tertiary/aromatic N) is 6. The van der Waals surface area contributed by atoms with Gasteiger partial charge >= 0.3 is 12.0 Å². The molecule has 4 rings (SSSR count). The van der Waals surface area contributed by atoms with Crippen molar-refractivity contribution in [3.8, 4) is 11.8 Å². The molecule has 1 atom stereocenters. The van der Waals surface area contributed by atoms with Crippen molar-refractivity contribution >= 4 is 23.3 Å². The van der Waals surface area contributed by atoms with Crippen molar-refractivity contribution in [2.75, 3.05) is 44.1 Å². The summed E-state index contributed by atoms with van der Waals surface area (Å²) in [4.78, 5) is 25.6. The first-order valence-corrected chi connectivity index (χ1v) is 9.73. The summed E-state index contributed by atoms with van der Waals surface area (Å²) in [6.45, 7) is 5.72. The molecule has 0 bridgehead atoms. The molecular weight excluding hydrogens is 386 g/mol. The number of urea groups is 1. The Balaban J connectivity index is 1.48. The number of carbonyl (C=O) groups excluding carboxylic acids is 1. The largest absolute Gasteiger partial charge is 0.497 e. The summed E-state index contributed by atoms with van der Waals surface area (Å²) in [5, 5.41) is 7.33. The van der Waals surface area contributed by atoms with Crippen LogP contribution in [0.3, 0.4) is 0 Å². The van der Waals surface area contributed by atoms with Crippen molar-refractivity contribution in [1.82, 2.24) is 24.5 Å². The average molecular weight is 411 g/mol. The Morgan fingerprint density at radius 2 is 2.00 bits per heavy atom. The van der Waals surface area contributed by atoms with Gasteiger partial charge in [0.1, 0.15) is 5.75 Å². The summed E-state index contributed by atoms with van der Waals surface area (Å²) in [5.74, 6) is 1.42. The number of benzene rings is 1. The topological polar surface area (TPSA) is 97.1 Å². The van der Waals surface area contributed by atoms with Crippen molar-refractivity contribution in [2.24, 2.45) is 0 Å². The maximum Gasteiger partial charge on any atom is 0.321 e. The molecule has 10 nitrogen and oxygen atoms in total. The number of rotatable bonds is 4. The molecule has 2 aromatic heterocycles. The van der Waals surface area contributed by atoms with Crippen LogP contribution in [0, 0.1) is 6.92 Å². The van der Waals surface area contributed by atoms with Gasteiger partial charge in [0.15, 0.2) is 5.65 Å². The molecule has 1 aliphatic rings. The van der Waals surface area contributed by atoms with Crippen molar-refractivity contribution in [2.45, 2.75) is 19.9 Å². The van der Waals surface area contributed by atoms with Gasteiger partial charge in [0.05, 0.1) is 20.4 Å². The highest BCUT2D eigenvalue weighted by Gasteiger charge is 2.30. The van der Waals surface area contributed by atoms with Gasteiger partial charge in [-0.3, -0.25) is 0 Å². The van der Waals surface area contributed by atoms with Gasteiger partial charge in [0, 0.05) is 37.4 Å². The lowest BCUT2D eigenvalue weighted by molar-refractivity contribution is 0.199. The number of ether oxygens (including phenoxy) is 2. The molecular formula is C20H25N7O3. The Labute approximate surface area is 174 Å². The smallest absolute Gasteiger partial charge is 0.321 e. The molecule has 0 spiro atoms. The lowest BCUT2D eigenvalue weighted by Gasteiger charge is -2.40. The second-order valence-electron chi connectivity index (χ2n) is 7.21. The highest BCUT2D eigenvalue weighted by Crippen LogP contribution is 2.24. The Kier molecular flexibility index (Phi) is 5.30. The van der Waals surface area contributed by atoms with Gasteiger partial charge in [-0.25, -0.2) is 4.79 Å². The zero-order valence-electron chi connectivity index (χ0n) is 17.5. The molecule has 1 aromatic carbocycles. The van der Waals surface area contributed by atoms with E-state index in [1.165, 1.54) is 0 Å². The normalized spacial score (nSPS) is 16.6. The first-order chi connectivity index (χ1) is 14.5. The van der Waals surface area contributed by atoms with Crippen LogP contribution in [-0.2, 0) is 0 Å². The minimum Gasteiger partial charge on any atom is -0.497 e. The Bertz CT molecular complexity index is 1070. The maximum atomic E-state index is 12.8. The number of anilines is 2. The van der Waals surface area contributed by atoms with E-state index in [2.05, 4.69) is 32.2 Å². The summed E-state index contributed by atoms with van der Waals surface area (Å²) in [7, 11) is 3.16. The second-order valence-corrected chi connectivity index (χ2v) is 7.21. The van der Waals surface area contributed by atoms with E-state index in [0.717, 1.165) is 17.0 Å². The van der Waals surface area contributed by atoms with Crippen LogP contribution >= 0.6 is 0 Å². The number of aromatic nitrogens is 4. The molecule has 0 saturated carbocycles. The van der Waals surface area contributed by atoms with E-state index in [1.54, 1.807) is 31.0 Å². The molecule has 3 heterocycles.